The molecule has 1 N–H and O–H groups in total. The molecule has 0 aliphatic heterocycles. The van der Waals surface area contributed by atoms with Crippen molar-refractivity contribution in [2.75, 3.05) is 40.3 Å². The summed E-state index contributed by atoms with van der Waals surface area (Å²) in [5, 5.41) is 9.54. The van der Waals surface area contributed by atoms with Crippen molar-refractivity contribution in [1.82, 2.24) is 0 Å². The number of carboxylic acid groups (broad SMARTS) is 1. The summed E-state index contributed by atoms with van der Waals surface area (Å²) in [5.41, 5.74) is 0. The molecule has 7 unspecified atom stereocenters. The molecular formula is C45H97O17P7S7. The smallest absolute Gasteiger partial charge is 0.389 e. The molecule has 0 aliphatic carbocycles. The van der Waals surface area contributed by atoms with Crippen molar-refractivity contribution in [1.29, 1.82) is 0 Å². The summed E-state index contributed by atoms with van der Waals surface area (Å²) in [7, 11) is -8.03. The van der Waals surface area contributed by atoms with Crippen LogP contribution in [0.1, 0.15) is 159 Å². The molecule has 456 valence electrons. The molecule has 0 rings (SSSR count). The molecular weight excluding hydrogens is 1250 g/mol. The molecule has 0 aromatic rings. The van der Waals surface area contributed by atoms with E-state index in [1.807, 2.05) is 152 Å². The Bertz CT molecular complexity index is 1390. The summed E-state index contributed by atoms with van der Waals surface area (Å²) >= 11 is 10.2. The molecule has 0 fully saturated rings. The fraction of sp³-hybridized carbons (Fsp3) is 0.978. The maximum atomic E-state index is 14.9. The maximum absolute atomic E-state index is 14.9. The zero-order chi connectivity index (χ0) is 58.1. The molecule has 0 spiro atoms. The van der Waals surface area contributed by atoms with Crippen molar-refractivity contribution < 1.29 is 77.8 Å². The largest absolute Gasteiger partial charge is 0.481 e. The SMILES string of the molecule is CC(C)OP(OC(C)C)SCC(C)OP(OC(C)CSP(OC(C)C)OC(C)C)SCC(C)OP(OC(C)CSP(=O)(OC(C)CSP(OC(C)C)OC(C)C)OC(C)CSP(OC(C)C)OC(C)C)SCCC(=O)O. The van der Waals surface area contributed by atoms with Gasteiger partial charge in [0.15, 0.2) is 0 Å². The number of carboxylic acids is 1. The first kappa shape index (κ1) is 80.2. The van der Waals surface area contributed by atoms with Gasteiger partial charge in [0.05, 0.1) is 91.9 Å². The predicted octanol–water partition coefficient (Wildman–Crippen LogP) is 19.9. The lowest BCUT2D eigenvalue weighted by molar-refractivity contribution is -0.136. The molecule has 0 aliphatic rings. The van der Waals surface area contributed by atoms with Gasteiger partial charge >= 0.3 is 12.8 Å². The van der Waals surface area contributed by atoms with Crippen molar-refractivity contribution in [2.24, 2.45) is 0 Å². The number of carbonyl (C=O) groups is 1. The van der Waals surface area contributed by atoms with Gasteiger partial charge in [0.1, 0.15) is 0 Å². The van der Waals surface area contributed by atoms with Gasteiger partial charge in [-0.1, -0.05) is 68.3 Å². The summed E-state index contributed by atoms with van der Waals surface area (Å²) in [6, 6.07) is 0. The van der Waals surface area contributed by atoms with Crippen molar-refractivity contribution in [3.8, 4) is 0 Å². The maximum Gasteiger partial charge on any atom is 0.389 e. The van der Waals surface area contributed by atoms with Crippen LogP contribution in [0.5, 0.6) is 0 Å². The van der Waals surface area contributed by atoms with E-state index < -0.39 is 76.5 Å². The fourth-order valence-corrected chi connectivity index (χ4v) is 30.6. The van der Waals surface area contributed by atoms with Gasteiger partial charge in [-0.25, -0.2) is 4.57 Å². The molecule has 0 aromatic heterocycles. The number of hydrogen-bond acceptors (Lipinski definition) is 23. The molecule has 0 heterocycles. The number of rotatable bonds is 50. The average Bonchev–Trinajstić information content (AvgIpc) is 3.25. The van der Waals surface area contributed by atoms with E-state index in [2.05, 4.69) is 0 Å². The summed E-state index contributed by atoms with van der Waals surface area (Å²) < 4.78 is 103. The zero-order valence-electron chi connectivity index (χ0n) is 49.2. The van der Waals surface area contributed by atoms with E-state index in [9.17, 15) is 14.5 Å². The Labute approximate surface area is 496 Å². The molecule has 0 aromatic carbocycles. The van der Waals surface area contributed by atoms with Crippen LogP contribution in [0.2, 0.25) is 0 Å². The summed E-state index contributed by atoms with van der Waals surface area (Å²) in [4.78, 5) is 11.6. The molecule has 0 bridgehead atoms. The standard InChI is InChI=1S/C45H97O17P7S7/c1-31(2)49-63(50-32(3)4)71-25-40(18)58-68(59-41(19)26-72-64(51-33(5)6)52-34(7)8)73-27-39(17)57-67(70-24-23-45(46)47)60-42(20)30-76-69(48,61-43(21)28-74-65(53-35(9)10)54-36(11)12)62-44(22)29-75-66(55-37(13)14)56-38(15)16/h31-44H,23-30H2,1-22H3,(H,46,47). The van der Waals surface area contributed by atoms with E-state index >= 15 is 0 Å². The lowest BCUT2D eigenvalue weighted by Gasteiger charge is -2.28. The summed E-state index contributed by atoms with van der Waals surface area (Å²) in [6.45, 7) is 39.5. The van der Waals surface area contributed by atoms with E-state index in [0.717, 1.165) is 11.4 Å². The molecule has 7 atom stereocenters. The predicted molar refractivity (Wildman–Crippen MR) is 342 cm³/mol. The second-order valence-corrected chi connectivity index (χ2v) is 42.1. The van der Waals surface area contributed by atoms with E-state index in [0.29, 0.717) is 28.8 Å². The second kappa shape index (κ2) is 46.3. The minimum absolute atomic E-state index is 0.0220. The van der Waals surface area contributed by atoms with Gasteiger partial charge in [0.2, 0.25) is 45.5 Å². The summed E-state index contributed by atoms with van der Waals surface area (Å²) in [5.74, 6) is 2.27. The molecule has 31 heteroatoms. The number of hydrogen-bond donors (Lipinski definition) is 1. The van der Waals surface area contributed by atoms with Crippen LogP contribution in [0.15, 0.2) is 0 Å². The molecule has 0 saturated heterocycles. The van der Waals surface area contributed by atoms with Crippen molar-refractivity contribution in [3.63, 3.8) is 0 Å². The minimum Gasteiger partial charge on any atom is -0.481 e. The van der Waals surface area contributed by atoms with Crippen LogP contribution in [-0.4, -0.2) is 137 Å². The van der Waals surface area contributed by atoms with Gasteiger partial charge in [-0.3, -0.25) is 13.8 Å². The Kier molecular flexibility index (Phi) is 48.9. The van der Waals surface area contributed by atoms with Crippen LogP contribution >= 0.6 is 132 Å². The highest BCUT2D eigenvalue weighted by Crippen LogP contribution is 2.66. The van der Waals surface area contributed by atoms with Crippen LogP contribution in [-0.2, 0) is 72.7 Å². The van der Waals surface area contributed by atoms with Crippen molar-refractivity contribution in [2.45, 2.75) is 244 Å². The highest BCUT2D eigenvalue weighted by molar-refractivity contribution is 8.55. The minimum atomic E-state index is -3.83. The van der Waals surface area contributed by atoms with E-state index in [1.54, 1.807) is 34.1 Å². The fourth-order valence-electron chi connectivity index (χ4n) is 4.42. The lowest BCUT2D eigenvalue weighted by atomic mass is 10.5. The van der Waals surface area contributed by atoms with Gasteiger partial charge in [-0.2, -0.15) is 0 Å². The lowest BCUT2D eigenvalue weighted by Crippen LogP contribution is -2.17. The second-order valence-electron chi connectivity index (χ2n) is 19.3. The molecule has 0 amide bonds. The quantitative estimate of drug-likeness (QED) is 0.0567. The van der Waals surface area contributed by atoms with Crippen LogP contribution in [0.25, 0.3) is 0 Å². The molecule has 0 radical (unpaired) electrons. The van der Waals surface area contributed by atoms with E-state index in [1.165, 1.54) is 34.1 Å². The Morgan fingerprint density at radius 3 is 0.789 bits per heavy atom. The summed E-state index contributed by atoms with van der Waals surface area (Å²) in [6.07, 6.45) is -2.28. The first-order chi connectivity index (χ1) is 35.3. The van der Waals surface area contributed by atoms with Crippen molar-refractivity contribution >= 4 is 138 Å². The van der Waals surface area contributed by atoms with Crippen LogP contribution in [0, 0.1) is 0 Å². The monoisotopic (exact) mass is 1350 g/mol. The third-order valence-electron chi connectivity index (χ3n) is 7.11. The Morgan fingerprint density at radius 2 is 0.553 bits per heavy atom. The van der Waals surface area contributed by atoms with E-state index in [-0.39, 0.29) is 85.1 Å². The molecule has 17 nitrogen and oxygen atoms in total. The molecule has 0 saturated carbocycles. The van der Waals surface area contributed by atoms with E-state index in [4.69, 9.17) is 63.3 Å². The highest BCUT2D eigenvalue weighted by atomic mass is 32.7. The van der Waals surface area contributed by atoms with Gasteiger partial charge in [-0.05, 0) is 164 Å². The number of aliphatic carboxylic acids is 1. The Balaban J connectivity index is 6.36. The Morgan fingerprint density at radius 1 is 0.342 bits per heavy atom. The van der Waals surface area contributed by atoms with Crippen LogP contribution in [0.3, 0.4) is 0 Å². The van der Waals surface area contributed by atoms with Crippen LogP contribution < -0.4 is 0 Å². The molecule has 76 heavy (non-hydrogen) atoms. The van der Waals surface area contributed by atoms with Crippen molar-refractivity contribution in [3.05, 3.63) is 0 Å². The first-order valence-electron chi connectivity index (χ1n) is 25.8. The average molecular weight is 1350 g/mol. The zero-order valence-corrected chi connectivity index (χ0v) is 61.2. The van der Waals surface area contributed by atoms with Gasteiger partial charge in [-0.15, -0.1) is 0 Å². The third kappa shape index (κ3) is 47.3. The Hall–Kier alpha value is 4.17. The van der Waals surface area contributed by atoms with Gasteiger partial charge in [0, 0.05) is 40.3 Å². The topological polar surface area (TPSA) is 184 Å². The van der Waals surface area contributed by atoms with Crippen LogP contribution in [0.4, 0.5) is 0 Å². The van der Waals surface area contributed by atoms with Gasteiger partial charge in [0.25, 0.3) is 0 Å². The normalized spacial score (nSPS) is 17.0. The third-order valence-corrected chi connectivity index (χ3v) is 32.5. The van der Waals surface area contributed by atoms with Gasteiger partial charge < -0.3 is 59.4 Å². The highest BCUT2D eigenvalue weighted by Gasteiger charge is 2.35. The first-order valence-corrected chi connectivity index (χ1v) is 45.5.